The van der Waals surface area contributed by atoms with E-state index in [9.17, 15) is 0 Å². The van der Waals surface area contributed by atoms with Gasteiger partial charge < -0.3 is 0 Å². The Balaban J connectivity index is 3.39. The molecule has 1 nitrogen and oxygen atoms in total. The first kappa shape index (κ1) is 10.00. The van der Waals surface area contributed by atoms with Gasteiger partial charge in [-0.25, -0.2) is 0 Å². The highest BCUT2D eigenvalue weighted by atomic mass is 35.5. The number of halogens is 1. The van der Waals surface area contributed by atoms with E-state index >= 15 is 0 Å². The molecule has 0 radical (unpaired) electrons. The fourth-order valence-electron chi connectivity index (χ4n) is 0.713. The quantitative estimate of drug-likeness (QED) is 0.366. The molecule has 0 aromatic carbocycles. The fourth-order valence-corrected chi connectivity index (χ4v) is 2.38. The summed E-state index contributed by atoms with van der Waals surface area (Å²) in [6.07, 6.45) is 1.72. The van der Waals surface area contributed by atoms with Crippen LogP contribution in [0.1, 0.15) is 12.8 Å². The Morgan fingerprint density at radius 3 is 2.50 bits per heavy atom. The van der Waals surface area contributed by atoms with E-state index in [0.717, 1.165) is 11.9 Å². The maximum absolute atomic E-state index is 8.27. The van der Waals surface area contributed by atoms with E-state index in [0.29, 0.717) is 6.42 Å². The molecule has 0 fully saturated rings. The zero-order valence-corrected chi connectivity index (χ0v) is 8.41. The van der Waals surface area contributed by atoms with Gasteiger partial charge in [-0.3, -0.25) is 0 Å². The minimum atomic E-state index is -1.10. The van der Waals surface area contributed by atoms with Crippen LogP contribution in [0.4, 0.5) is 0 Å². The predicted molar refractivity (Wildman–Crippen MR) is 47.9 cm³/mol. The van der Waals surface area contributed by atoms with Crippen LogP contribution >= 0.6 is 11.6 Å². The molecule has 0 N–H and O–H groups in total. The van der Waals surface area contributed by atoms with E-state index in [-0.39, 0.29) is 0 Å². The molecule has 0 spiro atoms. The predicted octanol–water partition coefficient (Wildman–Crippen LogP) is 2.78. The average molecular weight is 176 g/mol. The molecular weight excluding hydrogens is 162 g/mol. The highest BCUT2D eigenvalue weighted by Crippen LogP contribution is 2.14. The summed E-state index contributed by atoms with van der Waals surface area (Å²) in [5, 5.41) is 8.27. The lowest BCUT2D eigenvalue weighted by Gasteiger charge is -2.16. The van der Waals surface area contributed by atoms with E-state index in [1.54, 1.807) is 0 Å². The lowest BCUT2D eigenvalue weighted by molar-refractivity contribution is 0.943. The number of nitriles is 1. The van der Waals surface area contributed by atoms with Crippen molar-refractivity contribution >= 4 is 19.7 Å². The van der Waals surface area contributed by atoms with Crippen molar-refractivity contribution in [3.63, 3.8) is 0 Å². The molecule has 0 aliphatic rings. The molecule has 0 aliphatic heterocycles. The first-order valence-electron chi connectivity index (χ1n) is 3.55. The number of rotatable bonds is 4. The van der Waals surface area contributed by atoms with Crippen LogP contribution in [0.15, 0.2) is 0 Å². The number of hydrogen-bond acceptors (Lipinski definition) is 1. The van der Waals surface area contributed by atoms with Crippen molar-refractivity contribution in [3.8, 4) is 6.07 Å². The molecule has 0 rings (SSSR count). The molecule has 0 amide bonds. The summed E-state index contributed by atoms with van der Waals surface area (Å²) in [6, 6.07) is 3.33. The summed E-state index contributed by atoms with van der Waals surface area (Å²) in [4.78, 5) is 0. The Labute approximate surface area is 69.0 Å². The molecule has 58 valence electrons. The lowest BCUT2D eigenvalue weighted by atomic mass is 10.4. The SMILES string of the molecule is C[Si](C)(CCl)CCCC#N. The molecule has 0 atom stereocenters. The van der Waals surface area contributed by atoms with Crippen molar-refractivity contribution in [2.45, 2.75) is 32.0 Å². The third-order valence-electron chi connectivity index (χ3n) is 1.50. The lowest BCUT2D eigenvalue weighted by Crippen LogP contribution is -2.27. The normalized spacial score (nSPS) is 11.0. The first-order valence-corrected chi connectivity index (χ1v) is 7.50. The summed E-state index contributed by atoms with van der Waals surface area (Å²) in [7, 11) is -1.10. The maximum atomic E-state index is 8.27. The van der Waals surface area contributed by atoms with Crippen molar-refractivity contribution < 1.29 is 0 Å². The van der Waals surface area contributed by atoms with Gasteiger partial charge in [0.15, 0.2) is 0 Å². The van der Waals surface area contributed by atoms with Gasteiger partial charge in [-0.05, 0) is 6.42 Å². The molecule has 0 heterocycles. The second-order valence-corrected chi connectivity index (χ2v) is 9.21. The Morgan fingerprint density at radius 2 is 2.10 bits per heavy atom. The van der Waals surface area contributed by atoms with E-state index in [1.807, 2.05) is 0 Å². The second-order valence-electron chi connectivity index (χ2n) is 3.31. The summed E-state index contributed by atoms with van der Waals surface area (Å²) in [5.74, 6) is 0. The van der Waals surface area contributed by atoms with E-state index in [1.165, 1.54) is 6.04 Å². The standard InChI is InChI=1S/C7H14ClNSi/c1-10(2,7-8)6-4-3-5-9/h3-4,6-7H2,1-2H3. The number of hydrogen-bond donors (Lipinski definition) is 0. The molecule has 10 heavy (non-hydrogen) atoms. The molecule has 0 aromatic rings. The summed E-state index contributed by atoms with van der Waals surface area (Å²) >= 11 is 5.75. The molecule has 0 aromatic heterocycles. The van der Waals surface area contributed by atoms with Crippen LogP contribution in [0.2, 0.25) is 19.1 Å². The largest absolute Gasteiger partial charge is 0.198 e. The van der Waals surface area contributed by atoms with Crippen LogP contribution in [0.25, 0.3) is 0 Å². The zero-order valence-electron chi connectivity index (χ0n) is 6.65. The van der Waals surface area contributed by atoms with Crippen LogP contribution in [0.3, 0.4) is 0 Å². The summed E-state index contributed by atoms with van der Waals surface area (Å²) < 4.78 is 0. The Kier molecular flexibility index (Phi) is 4.76. The van der Waals surface area contributed by atoms with Gasteiger partial charge in [-0.15, -0.1) is 11.6 Å². The molecule has 3 heteroatoms. The van der Waals surface area contributed by atoms with Crippen molar-refractivity contribution in [1.29, 1.82) is 5.26 Å². The van der Waals surface area contributed by atoms with Crippen molar-refractivity contribution in [3.05, 3.63) is 0 Å². The Bertz CT molecular complexity index is 128. The third kappa shape index (κ3) is 4.84. The van der Waals surface area contributed by atoms with E-state index < -0.39 is 8.07 Å². The van der Waals surface area contributed by atoms with Crippen molar-refractivity contribution in [1.82, 2.24) is 0 Å². The smallest absolute Gasteiger partial charge is 0.0640 e. The van der Waals surface area contributed by atoms with Gasteiger partial charge in [0.1, 0.15) is 0 Å². The van der Waals surface area contributed by atoms with Crippen LogP contribution in [0.5, 0.6) is 0 Å². The Morgan fingerprint density at radius 1 is 1.50 bits per heavy atom. The van der Waals surface area contributed by atoms with Crippen molar-refractivity contribution in [2.24, 2.45) is 0 Å². The van der Waals surface area contributed by atoms with Gasteiger partial charge >= 0.3 is 0 Å². The van der Waals surface area contributed by atoms with Gasteiger partial charge in [0.25, 0.3) is 0 Å². The maximum Gasteiger partial charge on any atom is 0.0640 e. The van der Waals surface area contributed by atoms with Crippen LogP contribution < -0.4 is 0 Å². The van der Waals surface area contributed by atoms with Gasteiger partial charge in [-0.2, -0.15) is 5.26 Å². The fraction of sp³-hybridized carbons (Fsp3) is 0.857. The van der Waals surface area contributed by atoms with Gasteiger partial charge in [0.05, 0.1) is 14.1 Å². The second kappa shape index (κ2) is 4.76. The topological polar surface area (TPSA) is 23.8 Å². The van der Waals surface area contributed by atoms with Crippen LogP contribution in [0, 0.1) is 11.3 Å². The van der Waals surface area contributed by atoms with Crippen LogP contribution in [-0.2, 0) is 0 Å². The highest BCUT2D eigenvalue weighted by Gasteiger charge is 2.17. The summed E-state index contributed by atoms with van der Waals surface area (Å²) in [5.41, 5.74) is 0.818. The minimum absolute atomic E-state index is 0.688. The molecule has 0 unspecified atom stereocenters. The van der Waals surface area contributed by atoms with Crippen LogP contribution in [-0.4, -0.2) is 13.6 Å². The molecule has 0 saturated heterocycles. The van der Waals surface area contributed by atoms with E-state index in [2.05, 4.69) is 19.2 Å². The monoisotopic (exact) mass is 175 g/mol. The van der Waals surface area contributed by atoms with Crippen molar-refractivity contribution in [2.75, 3.05) is 5.50 Å². The average Bonchev–Trinajstić information content (AvgIpc) is 1.89. The number of nitrogens with zero attached hydrogens (tertiary/aromatic N) is 1. The third-order valence-corrected chi connectivity index (χ3v) is 6.11. The Hall–Kier alpha value is -0.00312. The molecule has 0 bridgehead atoms. The van der Waals surface area contributed by atoms with Gasteiger partial charge in [0, 0.05) is 11.9 Å². The zero-order chi connectivity index (χ0) is 8.04. The highest BCUT2D eigenvalue weighted by molar-refractivity contribution is 6.83. The molecular formula is C7H14ClNSi. The van der Waals surface area contributed by atoms with Gasteiger partial charge in [0.2, 0.25) is 0 Å². The summed E-state index contributed by atoms with van der Waals surface area (Å²) in [6.45, 7) is 4.52. The van der Waals surface area contributed by atoms with Gasteiger partial charge in [-0.1, -0.05) is 19.1 Å². The first-order chi connectivity index (χ1) is 4.62. The minimum Gasteiger partial charge on any atom is -0.198 e. The number of unbranched alkanes of at least 4 members (excludes halogenated alkanes) is 1. The molecule has 0 aliphatic carbocycles. The van der Waals surface area contributed by atoms with E-state index in [4.69, 9.17) is 16.9 Å². The number of alkyl halides is 1. The molecule has 0 saturated carbocycles.